The first-order valence-electron chi connectivity index (χ1n) is 5.81. The van der Waals surface area contributed by atoms with Crippen molar-refractivity contribution < 1.29 is 0 Å². The van der Waals surface area contributed by atoms with Crippen LogP contribution in [0.25, 0.3) is 0 Å². The van der Waals surface area contributed by atoms with Crippen molar-refractivity contribution in [3.63, 3.8) is 0 Å². The number of hydrogen-bond acceptors (Lipinski definition) is 3. The van der Waals surface area contributed by atoms with E-state index in [0.29, 0.717) is 0 Å². The van der Waals surface area contributed by atoms with Crippen molar-refractivity contribution in [2.24, 2.45) is 0 Å². The van der Waals surface area contributed by atoms with Gasteiger partial charge in [-0.05, 0) is 51.8 Å². The van der Waals surface area contributed by atoms with E-state index in [1.807, 2.05) is 7.05 Å². The fourth-order valence-electron chi connectivity index (χ4n) is 2.22. The number of nitrogens with one attached hydrogen (secondary N) is 1. The van der Waals surface area contributed by atoms with E-state index in [1.165, 1.54) is 29.8 Å². The lowest BCUT2D eigenvalue weighted by Crippen LogP contribution is -2.10. The van der Waals surface area contributed by atoms with Crippen LogP contribution in [0, 0.1) is 6.92 Å². The molecule has 0 amide bonds. The molecular formula is C12H19N3. The molecule has 0 bridgehead atoms. The highest BCUT2D eigenvalue weighted by atomic mass is 14.9. The number of aryl methyl sites for hydroxylation is 3. The zero-order chi connectivity index (χ0) is 10.7. The van der Waals surface area contributed by atoms with E-state index in [4.69, 9.17) is 0 Å². The number of hydrogen-bond donors (Lipinski definition) is 1. The monoisotopic (exact) mass is 205 g/mol. The highest BCUT2D eigenvalue weighted by molar-refractivity contribution is 5.29. The van der Waals surface area contributed by atoms with Crippen molar-refractivity contribution in [1.82, 2.24) is 15.3 Å². The van der Waals surface area contributed by atoms with E-state index < -0.39 is 0 Å². The minimum Gasteiger partial charge on any atom is -0.320 e. The van der Waals surface area contributed by atoms with Gasteiger partial charge in [0, 0.05) is 17.8 Å². The molecule has 3 heteroatoms. The highest BCUT2D eigenvalue weighted by Gasteiger charge is 2.16. The predicted octanol–water partition coefficient (Wildman–Crippen LogP) is 1.43. The summed E-state index contributed by atoms with van der Waals surface area (Å²) in [6.07, 6.45) is 5.70. The standard InChI is InChI=1S/C12H19N3/c1-9-10-5-3-6-11(10)15-12(14-9)7-4-8-13-2/h13H,3-8H2,1-2H3. The van der Waals surface area contributed by atoms with Crippen LogP contribution < -0.4 is 5.32 Å². The SMILES string of the molecule is CNCCCc1nc(C)c2c(n1)CCC2. The summed E-state index contributed by atoms with van der Waals surface area (Å²) < 4.78 is 0. The van der Waals surface area contributed by atoms with Gasteiger partial charge in [0.1, 0.15) is 5.82 Å². The third-order valence-corrected chi connectivity index (χ3v) is 3.01. The van der Waals surface area contributed by atoms with Gasteiger partial charge in [-0.3, -0.25) is 0 Å². The molecule has 2 rings (SSSR count). The Kier molecular flexibility index (Phi) is 3.31. The lowest BCUT2D eigenvalue weighted by molar-refractivity contribution is 0.696. The summed E-state index contributed by atoms with van der Waals surface area (Å²) in [6.45, 7) is 3.16. The molecule has 3 nitrogen and oxygen atoms in total. The summed E-state index contributed by atoms with van der Waals surface area (Å²) in [4.78, 5) is 9.22. The summed E-state index contributed by atoms with van der Waals surface area (Å²) in [6, 6.07) is 0. The first-order valence-corrected chi connectivity index (χ1v) is 5.81. The van der Waals surface area contributed by atoms with Gasteiger partial charge in [0.25, 0.3) is 0 Å². The summed E-state index contributed by atoms with van der Waals surface area (Å²) >= 11 is 0. The molecule has 0 saturated heterocycles. The Hall–Kier alpha value is -0.960. The van der Waals surface area contributed by atoms with E-state index in [9.17, 15) is 0 Å². The van der Waals surface area contributed by atoms with Gasteiger partial charge < -0.3 is 5.32 Å². The van der Waals surface area contributed by atoms with E-state index in [0.717, 1.165) is 31.6 Å². The molecule has 0 aliphatic heterocycles. The van der Waals surface area contributed by atoms with Crippen molar-refractivity contribution >= 4 is 0 Å². The second-order valence-electron chi connectivity index (χ2n) is 4.21. The molecule has 0 unspecified atom stereocenters. The molecule has 1 aliphatic rings. The minimum atomic E-state index is 0.995. The van der Waals surface area contributed by atoms with E-state index in [-0.39, 0.29) is 0 Å². The smallest absolute Gasteiger partial charge is 0.128 e. The maximum atomic E-state index is 4.65. The fraction of sp³-hybridized carbons (Fsp3) is 0.667. The van der Waals surface area contributed by atoms with Crippen LogP contribution in [0.15, 0.2) is 0 Å². The van der Waals surface area contributed by atoms with Gasteiger partial charge in [0.05, 0.1) is 0 Å². The second-order valence-corrected chi connectivity index (χ2v) is 4.21. The zero-order valence-electron chi connectivity index (χ0n) is 9.64. The van der Waals surface area contributed by atoms with Crippen molar-refractivity contribution in [2.75, 3.05) is 13.6 Å². The molecular weight excluding hydrogens is 186 g/mol. The fourth-order valence-corrected chi connectivity index (χ4v) is 2.22. The molecule has 0 radical (unpaired) electrons. The van der Waals surface area contributed by atoms with Crippen molar-refractivity contribution in [3.05, 3.63) is 22.8 Å². The van der Waals surface area contributed by atoms with Gasteiger partial charge in [-0.25, -0.2) is 9.97 Å². The molecule has 0 aromatic carbocycles. The number of aromatic nitrogens is 2. The Labute approximate surface area is 91.3 Å². The van der Waals surface area contributed by atoms with Crippen LogP contribution in [0.1, 0.15) is 35.6 Å². The minimum absolute atomic E-state index is 0.995. The summed E-state index contributed by atoms with van der Waals surface area (Å²) in [5.41, 5.74) is 3.92. The van der Waals surface area contributed by atoms with E-state index in [1.54, 1.807) is 0 Å². The molecule has 1 aromatic heterocycles. The molecule has 15 heavy (non-hydrogen) atoms. The average Bonchev–Trinajstić information content (AvgIpc) is 2.66. The van der Waals surface area contributed by atoms with Gasteiger partial charge in [0.2, 0.25) is 0 Å². The first-order chi connectivity index (χ1) is 7.31. The van der Waals surface area contributed by atoms with Crippen LogP contribution >= 0.6 is 0 Å². The molecule has 82 valence electrons. The summed E-state index contributed by atoms with van der Waals surface area (Å²) in [7, 11) is 1.98. The topological polar surface area (TPSA) is 37.8 Å². The lowest BCUT2D eigenvalue weighted by atomic mass is 10.2. The number of nitrogens with zero attached hydrogens (tertiary/aromatic N) is 2. The Morgan fingerprint density at radius 3 is 2.93 bits per heavy atom. The number of fused-ring (bicyclic) bond motifs is 1. The predicted molar refractivity (Wildman–Crippen MR) is 61.0 cm³/mol. The average molecular weight is 205 g/mol. The number of rotatable bonds is 4. The highest BCUT2D eigenvalue weighted by Crippen LogP contribution is 2.22. The molecule has 1 N–H and O–H groups in total. The van der Waals surface area contributed by atoms with Gasteiger partial charge in [0.15, 0.2) is 0 Å². The van der Waals surface area contributed by atoms with Crippen LogP contribution in [0.4, 0.5) is 0 Å². The molecule has 1 heterocycles. The Bertz CT molecular complexity index is 347. The molecule has 1 aliphatic carbocycles. The Balaban J connectivity index is 2.09. The quantitative estimate of drug-likeness (QED) is 0.756. The van der Waals surface area contributed by atoms with Gasteiger partial charge in [-0.15, -0.1) is 0 Å². The Morgan fingerprint density at radius 1 is 1.27 bits per heavy atom. The maximum absolute atomic E-state index is 4.65. The van der Waals surface area contributed by atoms with Crippen molar-refractivity contribution in [3.8, 4) is 0 Å². The largest absolute Gasteiger partial charge is 0.320 e. The summed E-state index contributed by atoms with van der Waals surface area (Å²) in [5, 5.41) is 3.15. The van der Waals surface area contributed by atoms with Crippen molar-refractivity contribution in [1.29, 1.82) is 0 Å². The normalized spacial score (nSPS) is 14.3. The lowest BCUT2D eigenvalue weighted by Gasteiger charge is -2.06. The molecule has 1 aromatic rings. The van der Waals surface area contributed by atoms with E-state index in [2.05, 4.69) is 22.2 Å². The van der Waals surface area contributed by atoms with Gasteiger partial charge in [-0.1, -0.05) is 0 Å². The third-order valence-electron chi connectivity index (χ3n) is 3.01. The molecule has 0 spiro atoms. The van der Waals surface area contributed by atoms with Crippen LogP contribution in [-0.4, -0.2) is 23.6 Å². The van der Waals surface area contributed by atoms with Crippen LogP contribution in [0.5, 0.6) is 0 Å². The first kappa shape index (κ1) is 10.6. The molecule has 0 saturated carbocycles. The van der Waals surface area contributed by atoms with Gasteiger partial charge in [-0.2, -0.15) is 0 Å². The van der Waals surface area contributed by atoms with Crippen molar-refractivity contribution in [2.45, 2.75) is 39.0 Å². The molecule has 0 atom stereocenters. The molecule has 0 fully saturated rings. The second kappa shape index (κ2) is 4.71. The van der Waals surface area contributed by atoms with Crippen LogP contribution in [-0.2, 0) is 19.3 Å². The summed E-state index contributed by atoms with van der Waals surface area (Å²) in [5.74, 6) is 1.03. The van der Waals surface area contributed by atoms with E-state index >= 15 is 0 Å². The Morgan fingerprint density at radius 2 is 2.13 bits per heavy atom. The maximum Gasteiger partial charge on any atom is 0.128 e. The zero-order valence-corrected chi connectivity index (χ0v) is 9.64. The third kappa shape index (κ3) is 2.34. The van der Waals surface area contributed by atoms with Crippen LogP contribution in [0.3, 0.4) is 0 Å². The van der Waals surface area contributed by atoms with Gasteiger partial charge >= 0.3 is 0 Å². The van der Waals surface area contributed by atoms with Crippen LogP contribution in [0.2, 0.25) is 0 Å².